The number of hydrogen-bond donors (Lipinski definition) is 1. The second kappa shape index (κ2) is 13.0. The maximum atomic E-state index is 13.0. The van der Waals surface area contributed by atoms with Gasteiger partial charge in [-0.05, 0) is 62.1 Å². The Morgan fingerprint density at radius 3 is 2.53 bits per heavy atom. The van der Waals surface area contributed by atoms with Crippen LogP contribution in [0.25, 0.3) is 0 Å². The van der Waals surface area contributed by atoms with Gasteiger partial charge in [0.25, 0.3) is 11.8 Å². The molecule has 1 aliphatic heterocycles. The molecular formula is C28H40N2O6. The van der Waals surface area contributed by atoms with Crippen LogP contribution in [0.4, 0.5) is 0 Å². The highest BCUT2D eigenvalue weighted by Crippen LogP contribution is 2.49. The molecule has 0 aromatic heterocycles. The fraction of sp³-hybridized carbons (Fsp3) is 0.643. The summed E-state index contributed by atoms with van der Waals surface area (Å²) in [6.45, 7) is 5.73. The molecule has 1 unspecified atom stereocenters. The zero-order chi connectivity index (χ0) is 26.1. The Morgan fingerprint density at radius 2 is 1.86 bits per heavy atom. The molecule has 8 heteroatoms. The molecule has 0 bridgehead atoms. The highest BCUT2D eigenvalue weighted by Gasteiger charge is 2.43. The van der Waals surface area contributed by atoms with Crippen LogP contribution in [0.1, 0.15) is 98.8 Å². The standard InChI is InChI=1S/C28H40N2O6/c1-4-6-13-28(5-2)18-21(19-28)36-16-8-7-15-35-20-11-12-22-23(17-20)27(34)30(26(22)33)24(10-9-14-31)25(32)29-3/h11-12,14,17,21,24H,4-10,13,15-16,18-19H2,1-3H3,(H,29,32). The van der Waals surface area contributed by atoms with Crippen molar-refractivity contribution in [1.82, 2.24) is 10.2 Å². The Bertz CT molecular complexity index is 940. The average Bonchev–Trinajstić information content (AvgIpc) is 3.11. The first-order valence-electron chi connectivity index (χ1n) is 13.3. The van der Waals surface area contributed by atoms with E-state index in [0.29, 0.717) is 30.2 Å². The van der Waals surface area contributed by atoms with Gasteiger partial charge in [0, 0.05) is 20.1 Å². The average molecular weight is 501 g/mol. The second-order valence-electron chi connectivity index (χ2n) is 9.98. The SMILES string of the molecule is CCCCC1(CC)CC(OCCCCOc2ccc3c(c2)C(=O)N(C(CCC=O)C(=O)NC)C3=O)C1. The first-order valence-corrected chi connectivity index (χ1v) is 13.3. The van der Waals surface area contributed by atoms with Crippen LogP contribution in [0.2, 0.25) is 0 Å². The number of unbranched alkanes of at least 4 members (excludes halogenated alkanes) is 2. The van der Waals surface area contributed by atoms with Crippen molar-refractivity contribution in [2.75, 3.05) is 20.3 Å². The van der Waals surface area contributed by atoms with Crippen LogP contribution >= 0.6 is 0 Å². The van der Waals surface area contributed by atoms with Gasteiger partial charge in [0.05, 0.1) is 23.8 Å². The maximum Gasteiger partial charge on any atom is 0.262 e. The lowest BCUT2D eigenvalue weighted by Crippen LogP contribution is -2.48. The monoisotopic (exact) mass is 500 g/mol. The summed E-state index contributed by atoms with van der Waals surface area (Å²) in [5.41, 5.74) is 0.956. The molecule has 1 N–H and O–H groups in total. The van der Waals surface area contributed by atoms with E-state index >= 15 is 0 Å². The van der Waals surface area contributed by atoms with Gasteiger partial charge in [0.1, 0.15) is 18.1 Å². The van der Waals surface area contributed by atoms with Crippen LogP contribution in [0.15, 0.2) is 18.2 Å². The summed E-state index contributed by atoms with van der Waals surface area (Å²) in [5.74, 6) is -1.05. The summed E-state index contributed by atoms with van der Waals surface area (Å²) in [4.78, 5) is 49.9. The molecule has 1 atom stereocenters. The highest BCUT2D eigenvalue weighted by atomic mass is 16.5. The van der Waals surface area contributed by atoms with E-state index in [1.165, 1.54) is 45.6 Å². The van der Waals surface area contributed by atoms with Crippen molar-refractivity contribution in [2.45, 2.75) is 90.2 Å². The molecule has 198 valence electrons. The van der Waals surface area contributed by atoms with Gasteiger partial charge in [-0.25, -0.2) is 0 Å². The van der Waals surface area contributed by atoms with E-state index in [-0.39, 0.29) is 24.0 Å². The molecule has 1 aliphatic carbocycles. The van der Waals surface area contributed by atoms with Crippen molar-refractivity contribution in [1.29, 1.82) is 0 Å². The molecule has 0 saturated heterocycles. The molecule has 3 amide bonds. The Labute approximate surface area is 214 Å². The minimum Gasteiger partial charge on any atom is -0.494 e. The molecular weight excluding hydrogens is 460 g/mol. The van der Waals surface area contributed by atoms with E-state index in [9.17, 15) is 19.2 Å². The fourth-order valence-electron chi connectivity index (χ4n) is 5.27. The molecule has 3 rings (SSSR count). The van der Waals surface area contributed by atoms with Gasteiger partial charge < -0.3 is 19.6 Å². The topological polar surface area (TPSA) is 102 Å². The number of hydrogen-bond acceptors (Lipinski definition) is 6. The molecule has 0 radical (unpaired) electrons. The number of benzene rings is 1. The van der Waals surface area contributed by atoms with E-state index in [1.807, 2.05) is 0 Å². The van der Waals surface area contributed by atoms with Gasteiger partial charge in [-0.15, -0.1) is 0 Å². The number of rotatable bonds is 16. The minimum absolute atomic E-state index is 0.0721. The number of nitrogens with zero attached hydrogens (tertiary/aromatic N) is 1. The van der Waals surface area contributed by atoms with Crippen molar-refractivity contribution in [3.8, 4) is 5.75 Å². The van der Waals surface area contributed by atoms with E-state index in [0.717, 1.165) is 24.3 Å². The van der Waals surface area contributed by atoms with Crippen LogP contribution in [-0.4, -0.2) is 61.3 Å². The largest absolute Gasteiger partial charge is 0.494 e. The molecule has 1 aromatic rings. The van der Waals surface area contributed by atoms with Gasteiger partial charge in [0.15, 0.2) is 0 Å². The third-order valence-corrected chi connectivity index (χ3v) is 7.60. The summed E-state index contributed by atoms with van der Waals surface area (Å²) in [6, 6.07) is 3.76. The summed E-state index contributed by atoms with van der Waals surface area (Å²) in [7, 11) is 1.43. The summed E-state index contributed by atoms with van der Waals surface area (Å²) in [6.07, 6.45) is 10.4. The number of aldehydes is 1. The number of nitrogens with one attached hydrogen (secondary N) is 1. The third kappa shape index (κ3) is 6.33. The fourth-order valence-corrected chi connectivity index (χ4v) is 5.27. The van der Waals surface area contributed by atoms with E-state index in [1.54, 1.807) is 18.2 Å². The van der Waals surface area contributed by atoms with E-state index < -0.39 is 23.8 Å². The first kappa shape index (κ1) is 27.8. The first-order chi connectivity index (χ1) is 17.4. The van der Waals surface area contributed by atoms with Gasteiger partial charge >= 0.3 is 0 Å². The predicted molar refractivity (Wildman–Crippen MR) is 136 cm³/mol. The molecule has 1 saturated carbocycles. The molecule has 0 spiro atoms. The molecule has 2 aliphatic rings. The lowest BCUT2D eigenvalue weighted by molar-refractivity contribution is -0.124. The Morgan fingerprint density at radius 1 is 1.14 bits per heavy atom. The van der Waals surface area contributed by atoms with Gasteiger partial charge in [-0.1, -0.05) is 33.1 Å². The molecule has 36 heavy (non-hydrogen) atoms. The van der Waals surface area contributed by atoms with Crippen molar-refractivity contribution in [2.24, 2.45) is 5.41 Å². The number of carbonyl (C=O) groups is 4. The summed E-state index contributed by atoms with van der Waals surface area (Å²) in [5, 5.41) is 2.47. The van der Waals surface area contributed by atoms with Crippen LogP contribution in [0, 0.1) is 5.41 Å². The predicted octanol–water partition coefficient (Wildman–Crippen LogP) is 4.30. The van der Waals surface area contributed by atoms with Crippen LogP contribution in [0.5, 0.6) is 5.75 Å². The van der Waals surface area contributed by atoms with Crippen LogP contribution in [-0.2, 0) is 14.3 Å². The van der Waals surface area contributed by atoms with Crippen molar-refractivity contribution in [3.05, 3.63) is 29.3 Å². The molecule has 8 nitrogen and oxygen atoms in total. The number of likely N-dealkylation sites (N-methyl/N-ethyl adjacent to an activating group) is 1. The van der Waals surface area contributed by atoms with Crippen LogP contribution in [0.3, 0.4) is 0 Å². The lowest BCUT2D eigenvalue weighted by atomic mass is 9.62. The zero-order valence-corrected chi connectivity index (χ0v) is 21.8. The van der Waals surface area contributed by atoms with E-state index in [2.05, 4.69) is 19.2 Å². The summed E-state index contributed by atoms with van der Waals surface area (Å²) < 4.78 is 11.9. The quantitative estimate of drug-likeness (QED) is 0.206. The number of ether oxygens (including phenoxy) is 2. The number of fused-ring (bicyclic) bond motifs is 1. The number of carbonyl (C=O) groups excluding carboxylic acids is 4. The number of imide groups is 1. The van der Waals surface area contributed by atoms with Gasteiger partial charge in [-0.2, -0.15) is 0 Å². The third-order valence-electron chi connectivity index (χ3n) is 7.60. The second-order valence-corrected chi connectivity index (χ2v) is 9.98. The molecule has 1 fully saturated rings. The molecule has 1 heterocycles. The van der Waals surface area contributed by atoms with E-state index in [4.69, 9.17) is 9.47 Å². The smallest absolute Gasteiger partial charge is 0.262 e. The van der Waals surface area contributed by atoms with Crippen molar-refractivity contribution >= 4 is 24.0 Å². The Hall–Kier alpha value is -2.74. The van der Waals surface area contributed by atoms with Gasteiger partial charge in [0.2, 0.25) is 5.91 Å². The summed E-state index contributed by atoms with van der Waals surface area (Å²) >= 11 is 0. The van der Waals surface area contributed by atoms with Crippen molar-refractivity contribution < 1.29 is 28.7 Å². The Kier molecular flexibility index (Phi) is 10.0. The number of amides is 3. The maximum absolute atomic E-state index is 13.0. The molecule has 1 aromatic carbocycles. The normalized spacial score (nSPS) is 21.6. The van der Waals surface area contributed by atoms with Gasteiger partial charge in [-0.3, -0.25) is 19.3 Å². The highest BCUT2D eigenvalue weighted by molar-refractivity contribution is 6.23. The zero-order valence-electron chi connectivity index (χ0n) is 21.8. The lowest BCUT2D eigenvalue weighted by Gasteiger charge is -2.47. The minimum atomic E-state index is -1.03. The van der Waals surface area contributed by atoms with Crippen LogP contribution < -0.4 is 10.1 Å². The van der Waals surface area contributed by atoms with Crippen molar-refractivity contribution in [3.63, 3.8) is 0 Å². The Balaban J connectivity index is 1.44.